The summed E-state index contributed by atoms with van der Waals surface area (Å²) in [6.45, 7) is 1.91. The van der Waals surface area contributed by atoms with E-state index in [0.29, 0.717) is 37.6 Å². The van der Waals surface area contributed by atoms with E-state index in [1.807, 2.05) is 4.90 Å². The number of morpholine rings is 1. The third kappa shape index (κ3) is 3.24. The number of nitrogens with zero attached hydrogens (tertiary/aromatic N) is 2. The summed E-state index contributed by atoms with van der Waals surface area (Å²) in [7, 11) is 1.59. The number of aliphatic hydroxyl groups is 1. The van der Waals surface area contributed by atoms with Crippen LogP contribution in [0.3, 0.4) is 0 Å². The molecule has 1 heterocycles. The molecule has 20 heavy (non-hydrogen) atoms. The average Bonchev–Trinajstić information content (AvgIpc) is 2.47. The van der Waals surface area contributed by atoms with Crippen molar-refractivity contribution in [3.05, 3.63) is 33.9 Å². The van der Waals surface area contributed by atoms with Gasteiger partial charge in [0, 0.05) is 26.3 Å². The quantitative estimate of drug-likeness (QED) is 0.639. The lowest BCUT2D eigenvalue weighted by Gasteiger charge is -2.34. The van der Waals surface area contributed by atoms with Gasteiger partial charge in [0.25, 0.3) is 5.69 Å². The third-order valence-corrected chi connectivity index (χ3v) is 3.25. The first-order valence-corrected chi connectivity index (χ1v) is 6.39. The highest BCUT2D eigenvalue weighted by atomic mass is 16.6. The molecule has 0 saturated carbocycles. The predicted molar refractivity (Wildman–Crippen MR) is 72.8 cm³/mol. The van der Waals surface area contributed by atoms with Gasteiger partial charge in [-0.25, -0.2) is 0 Å². The molecule has 1 N–H and O–H groups in total. The minimum absolute atomic E-state index is 0.0419. The Balaban J connectivity index is 2.27. The Morgan fingerprint density at radius 1 is 1.60 bits per heavy atom. The highest BCUT2D eigenvalue weighted by Gasteiger charge is 2.26. The van der Waals surface area contributed by atoms with E-state index in [-0.39, 0.29) is 18.4 Å². The Morgan fingerprint density at radius 3 is 3.05 bits per heavy atom. The number of benzene rings is 1. The molecule has 110 valence electrons. The molecule has 0 aromatic heterocycles. The van der Waals surface area contributed by atoms with Crippen LogP contribution in [0.5, 0.6) is 0 Å². The van der Waals surface area contributed by atoms with E-state index in [1.165, 1.54) is 6.07 Å². The first-order chi connectivity index (χ1) is 9.65. The molecule has 1 saturated heterocycles. The summed E-state index contributed by atoms with van der Waals surface area (Å²) in [6, 6.07) is 4.66. The number of rotatable bonds is 5. The van der Waals surface area contributed by atoms with Gasteiger partial charge >= 0.3 is 0 Å². The van der Waals surface area contributed by atoms with E-state index in [9.17, 15) is 15.2 Å². The molecule has 1 aromatic carbocycles. The molecule has 1 aliphatic heterocycles. The lowest BCUT2D eigenvalue weighted by molar-refractivity contribution is -0.384. The molecule has 0 spiro atoms. The number of ether oxygens (including phenoxy) is 2. The van der Waals surface area contributed by atoms with Crippen molar-refractivity contribution in [2.45, 2.75) is 12.7 Å². The zero-order valence-electron chi connectivity index (χ0n) is 11.3. The monoisotopic (exact) mass is 282 g/mol. The van der Waals surface area contributed by atoms with Gasteiger partial charge in [0.1, 0.15) is 5.69 Å². The molecule has 2 rings (SSSR count). The normalized spacial score (nSPS) is 19.1. The number of methoxy groups -OCH3 is 1. The molecule has 7 nitrogen and oxygen atoms in total. The number of nitro groups is 1. The van der Waals surface area contributed by atoms with E-state index in [2.05, 4.69) is 0 Å². The molecule has 0 amide bonds. The number of hydrogen-bond acceptors (Lipinski definition) is 6. The van der Waals surface area contributed by atoms with Gasteiger partial charge in [0.15, 0.2) is 0 Å². The van der Waals surface area contributed by atoms with Crippen LogP contribution in [0, 0.1) is 10.1 Å². The number of aliphatic hydroxyl groups excluding tert-OH is 1. The van der Waals surface area contributed by atoms with E-state index in [1.54, 1.807) is 19.2 Å². The fourth-order valence-corrected chi connectivity index (χ4v) is 2.30. The molecule has 7 heteroatoms. The molecule has 1 fully saturated rings. The summed E-state index contributed by atoms with van der Waals surface area (Å²) in [5.41, 5.74) is 1.21. The van der Waals surface area contributed by atoms with Crippen molar-refractivity contribution >= 4 is 11.4 Å². The van der Waals surface area contributed by atoms with Crippen LogP contribution in [0.1, 0.15) is 5.56 Å². The van der Waals surface area contributed by atoms with Crippen LogP contribution in [0.15, 0.2) is 18.2 Å². The van der Waals surface area contributed by atoms with Crippen LogP contribution in [-0.4, -0.2) is 49.5 Å². The van der Waals surface area contributed by atoms with Crippen molar-refractivity contribution in [2.24, 2.45) is 0 Å². The molecular formula is C13H18N2O5. The van der Waals surface area contributed by atoms with Gasteiger partial charge < -0.3 is 19.5 Å². The maximum Gasteiger partial charge on any atom is 0.292 e. The van der Waals surface area contributed by atoms with E-state index in [4.69, 9.17) is 9.47 Å². The van der Waals surface area contributed by atoms with E-state index in [0.717, 1.165) is 0 Å². The SMILES string of the molecule is COCC1CN(c2cc(CO)ccc2[N+](=O)[O-])CCO1. The fraction of sp³-hybridized carbons (Fsp3) is 0.538. The summed E-state index contributed by atoms with van der Waals surface area (Å²) >= 11 is 0. The highest BCUT2D eigenvalue weighted by Crippen LogP contribution is 2.30. The number of anilines is 1. The third-order valence-electron chi connectivity index (χ3n) is 3.25. The second-order valence-corrected chi connectivity index (χ2v) is 4.63. The molecule has 1 atom stereocenters. The largest absolute Gasteiger partial charge is 0.392 e. The number of nitro benzene ring substituents is 1. The summed E-state index contributed by atoms with van der Waals surface area (Å²) in [5, 5.41) is 20.3. The van der Waals surface area contributed by atoms with Gasteiger partial charge in [-0.15, -0.1) is 0 Å². The Labute approximate surface area is 116 Å². The molecular weight excluding hydrogens is 264 g/mol. The zero-order valence-corrected chi connectivity index (χ0v) is 11.3. The van der Waals surface area contributed by atoms with E-state index < -0.39 is 4.92 Å². The highest BCUT2D eigenvalue weighted by molar-refractivity contribution is 5.64. The van der Waals surface area contributed by atoms with Gasteiger partial charge in [0.05, 0.1) is 30.8 Å². The first-order valence-electron chi connectivity index (χ1n) is 6.39. The lowest BCUT2D eigenvalue weighted by atomic mass is 10.1. The zero-order chi connectivity index (χ0) is 14.5. The van der Waals surface area contributed by atoms with Crippen LogP contribution < -0.4 is 4.90 Å². The van der Waals surface area contributed by atoms with Crippen molar-refractivity contribution in [3.63, 3.8) is 0 Å². The van der Waals surface area contributed by atoms with Gasteiger partial charge in [-0.3, -0.25) is 10.1 Å². The van der Waals surface area contributed by atoms with Gasteiger partial charge in [-0.05, 0) is 17.7 Å². The van der Waals surface area contributed by atoms with Crippen LogP contribution in [0.2, 0.25) is 0 Å². The van der Waals surface area contributed by atoms with Crippen LogP contribution in [-0.2, 0) is 16.1 Å². The Morgan fingerprint density at radius 2 is 2.40 bits per heavy atom. The Kier molecular flexibility index (Phi) is 4.89. The summed E-state index contributed by atoms with van der Waals surface area (Å²) in [4.78, 5) is 12.6. The smallest absolute Gasteiger partial charge is 0.292 e. The summed E-state index contributed by atoms with van der Waals surface area (Å²) in [6.07, 6.45) is -0.105. The van der Waals surface area contributed by atoms with Gasteiger partial charge in [-0.2, -0.15) is 0 Å². The van der Waals surface area contributed by atoms with Crippen LogP contribution in [0.25, 0.3) is 0 Å². The Hall–Kier alpha value is -1.70. The summed E-state index contributed by atoms with van der Waals surface area (Å²) < 4.78 is 10.6. The number of hydrogen-bond donors (Lipinski definition) is 1. The minimum Gasteiger partial charge on any atom is -0.392 e. The van der Waals surface area contributed by atoms with Crippen molar-refractivity contribution in [3.8, 4) is 0 Å². The molecule has 1 aromatic rings. The first kappa shape index (κ1) is 14.7. The van der Waals surface area contributed by atoms with Crippen LogP contribution in [0.4, 0.5) is 11.4 Å². The molecule has 0 radical (unpaired) electrons. The van der Waals surface area contributed by atoms with Gasteiger partial charge in [0.2, 0.25) is 0 Å². The van der Waals surface area contributed by atoms with Crippen LogP contribution >= 0.6 is 0 Å². The van der Waals surface area contributed by atoms with Crippen molar-refractivity contribution in [1.82, 2.24) is 0 Å². The minimum atomic E-state index is -0.405. The van der Waals surface area contributed by atoms with Gasteiger partial charge in [-0.1, -0.05) is 0 Å². The molecule has 0 aliphatic carbocycles. The fourth-order valence-electron chi connectivity index (χ4n) is 2.30. The predicted octanol–water partition coefficient (Wildman–Crippen LogP) is 0.939. The Bertz CT molecular complexity index is 478. The van der Waals surface area contributed by atoms with E-state index >= 15 is 0 Å². The molecule has 0 bridgehead atoms. The second-order valence-electron chi connectivity index (χ2n) is 4.63. The van der Waals surface area contributed by atoms with Crippen molar-refractivity contribution in [1.29, 1.82) is 0 Å². The second kappa shape index (κ2) is 6.65. The lowest BCUT2D eigenvalue weighted by Crippen LogP contribution is -2.44. The maximum absolute atomic E-state index is 11.1. The topological polar surface area (TPSA) is 85.1 Å². The molecule has 1 aliphatic rings. The van der Waals surface area contributed by atoms with Crippen molar-refractivity contribution in [2.75, 3.05) is 38.3 Å². The summed E-state index contributed by atoms with van der Waals surface area (Å²) in [5.74, 6) is 0. The molecule has 1 unspecified atom stereocenters. The maximum atomic E-state index is 11.1. The standard InChI is InChI=1S/C13H18N2O5/c1-19-9-11-7-14(4-5-20-11)13-6-10(8-16)2-3-12(13)15(17)18/h2-3,6,11,16H,4-5,7-9H2,1H3. The van der Waals surface area contributed by atoms with Crippen molar-refractivity contribution < 1.29 is 19.5 Å². The average molecular weight is 282 g/mol.